The first-order chi connectivity index (χ1) is 12.2. The molecule has 0 unspecified atom stereocenters. The fraction of sp³-hybridized carbons (Fsp3) is 0.200. The van der Waals surface area contributed by atoms with E-state index >= 15 is 0 Å². The highest BCUT2D eigenvalue weighted by molar-refractivity contribution is 5.93. The van der Waals surface area contributed by atoms with Gasteiger partial charge >= 0.3 is 0 Å². The van der Waals surface area contributed by atoms with Gasteiger partial charge in [-0.05, 0) is 29.3 Å². The van der Waals surface area contributed by atoms with Crippen LogP contribution in [0.4, 0.5) is 0 Å². The van der Waals surface area contributed by atoms with Gasteiger partial charge in [0, 0.05) is 6.08 Å². The van der Waals surface area contributed by atoms with E-state index in [9.17, 15) is 9.59 Å². The second-order valence-corrected chi connectivity index (χ2v) is 5.36. The van der Waals surface area contributed by atoms with Crippen LogP contribution in [0.2, 0.25) is 0 Å². The Morgan fingerprint density at radius 1 is 1.12 bits per heavy atom. The number of methoxy groups -OCH3 is 1. The number of carbonyl (C=O) groups is 2. The van der Waals surface area contributed by atoms with Gasteiger partial charge in [0.25, 0.3) is 0 Å². The summed E-state index contributed by atoms with van der Waals surface area (Å²) in [6.07, 6.45) is 3.76. The standard InChI is InChI=1S/C20H21NO4/c1-24-19-10-7-17(8-11-19)14-25-15-18(13-22)21-20(23)12-9-16-5-3-2-4-6-16/h2-13,18H,14-15H2,1H3,(H,21,23)/b12-9+/t18-/m1/s1. The zero-order valence-corrected chi connectivity index (χ0v) is 14.1. The Labute approximate surface area is 147 Å². The van der Waals surface area contributed by atoms with Gasteiger partial charge in [-0.1, -0.05) is 42.5 Å². The van der Waals surface area contributed by atoms with Crippen molar-refractivity contribution in [2.75, 3.05) is 13.7 Å². The third kappa shape index (κ3) is 6.61. The fourth-order valence-corrected chi connectivity index (χ4v) is 2.11. The molecule has 0 aromatic heterocycles. The summed E-state index contributed by atoms with van der Waals surface area (Å²) in [5, 5.41) is 2.60. The molecule has 0 aliphatic heterocycles. The number of hydrogen-bond donors (Lipinski definition) is 1. The molecule has 1 atom stereocenters. The van der Waals surface area contributed by atoms with E-state index in [-0.39, 0.29) is 12.5 Å². The molecule has 25 heavy (non-hydrogen) atoms. The van der Waals surface area contributed by atoms with Gasteiger partial charge in [0.15, 0.2) is 0 Å². The minimum atomic E-state index is -0.689. The molecule has 130 valence electrons. The zero-order valence-electron chi connectivity index (χ0n) is 14.1. The lowest BCUT2D eigenvalue weighted by Gasteiger charge is -2.12. The average molecular weight is 339 g/mol. The normalized spacial score (nSPS) is 11.9. The second kappa shape index (κ2) is 10.1. The quantitative estimate of drug-likeness (QED) is 0.563. The van der Waals surface area contributed by atoms with Crippen molar-refractivity contribution in [3.63, 3.8) is 0 Å². The molecule has 0 aliphatic carbocycles. The van der Waals surface area contributed by atoms with Crippen LogP contribution >= 0.6 is 0 Å². The van der Waals surface area contributed by atoms with E-state index in [1.165, 1.54) is 6.08 Å². The molecule has 5 heteroatoms. The van der Waals surface area contributed by atoms with Gasteiger partial charge in [-0.25, -0.2) is 0 Å². The zero-order chi connectivity index (χ0) is 17.9. The SMILES string of the molecule is COc1ccc(COC[C@@H](C=O)NC(=O)/C=C/c2ccccc2)cc1. The third-order valence-electron chi connectivity index (χ3n) is 3.44. The monoisotopic (exact) mass is 339 g/mol. The van der Waals surface area contributed by atoms with Crippen LogP contribution in [0.25, 0.3) is 6.08 Å². The lowest BCUT2D eigenvalue weighted by molar-refractivity contribution is -0.121. The van der Waals surface area contributed by atoms with E-state index in [0.29, 0.717) is 12.9 Å². The molecule has 0 saturated carbocycles. The summed E-state index contributed by atoms with van der Waals surface area (Å²) < 4.78 is 10.6. The van der Waals surface area contributed by atoms with Crippen molar-refractivity contribution in [3.8, 4) is 5.75 Å². The molecule has 0 bridgehead atoms. The summed E-state index contributed by atoms with van der Waals surface area (Å²) in [6, 6.07) is 16.2. The maximum Gasteiger partial charge on any atom is 0.244 e. The van der Waals surface area contributed by atoms with Crippen LogP contribution in [0.1, 0.15) is 11.1 Å². The molecular weight excluding hydrogens is 318 g/mol. The molecule has 0 spiro atoms. The first-order valence-electron chi connectivity index (χ1n) is 7.91. The molecule has 1 amide bonds. The molecule has 0 fully saturated rings. The van der Waals surface area contributed by atoms with Crippen LogP contribution in [0.15, 0.2) is 60.7 Å². The molecule has 0 heterocycles. The molecule has 1 N–H and O–H groups in total. The summed E-state index contributed by atoms with van der Waals surface area (Å²) in [6.45, 7) is 0.463. The number of carbonyl (C=O) groups excluding carboxylic acids is 2. The first-order valence-corrected chi connectivity index (χ1v) is 7.91. The van der Waals surface area contributed by atoms with Crippen LogP contribution in [-0.2, 0) is 20.9 Å². The Bertz CT molecular complexity index is 695. The largest absolute Gasteiger partial charge is 0.497 e. The number of aldehydes is 1. The Hall–Kier alpha value is -2.92. The van der Waals surface area contributed by atoms with Gasteiger partial charge in [-0.2, -0.15) is 0 Å². The van der Waals surface area contributed by atoms with E-state index < -0.39 is 6.04 Å². The van der Waals surface area contributed by atoms with Crippen molar-refractivity contribution in [1.29, 1.82) is 0 Å². The van der Waals surface area contributed by atoms with Crippen LogP contribution in [0.3, 0.4) is 0 Å². The van der Waals surface area contributed by atoms with Gasteiger partial charge in [-0.3, -0.25) is 4.79 Å². The topological polar surface area (TPSA) is 64.6 Å². The number of ether oxygens (including phenoxy) is 2. The van der Waals surface area contributed by atoms with Crippen LogP contribution in [0.5, 0.6) is 5.75 Å². The minimum absolute atomic E-state index is 0.112. The van der Waals surface area contributed by atoms with Gasteiger partial charge in [0.2, 0.25) is 5.91 Å². The summed E-state index contributed by atoms with van der Waals surface area (Å²) in [7, 11) is 1.61. The van der Waals surface area contributed by atoms with Gasteiger partial charge in [-0.15, -0.1) is 0 Å². The van der Waals surface area contributed by atoms with E-state index in [1.54, 1.807) is 13.2 Å². The number of nitrogens with one attached hydrogen (secondary N) is 1. The Morgan fingerprint density at radius 2 is 1.84 bits per heavy atom. The van der Waals surface area contributed by atoms with E-state index in [1.807, 2.05) is 54.6 Å². The summed E-state index contributed by atoms with van der Waals surface area (Å²) in [5.41, 5.74) is 1.87. The summed E-state index contributed by atoms with van der Waals surface area (Å²) in [4.78, 5) is 23.0. The van der Waals surface area contributed by atoms with Crippen molar-refractivity contribution in [3.05, 3.63) is 71.8 Å². The van der Waals surface area contributed by atoms with Gasteiger partial charge in [0.1, 0.15) is 18.1 Å². The Kier molecular flexibility index (Phi) is 7.41. The second-order valence-electron chi connectivity index (χ2n) is 5.36. The van der Waals surface area contributed by atoms with Crippen LogP contribution in [0, 0.1) is 0 Å². The average Bonchev–Trinajstić information content (AvgIpc) is 2.67. The van der Waals surface area contributed by atoms with Crippen molar-refractivity contribution in [2.24, 2.45) is 0 Å². The predicted molar refractivity (Wildman–Crippen MR) is 96.1 cm³/mol. The first kappa shape index (κ1) is 18.4. The highest BCUT2D eigenvalue weighted by Gasteiger charge is 2.09. The van der Waals surface area contributed by atoms with Crippen molar-refractivity contribution >= 4 is 18.3 Å². The van der Waals surface area contributed by atoms with Crippen molar-refractivity contribution < 1.29 is 19.1 Å². The summed E-state index contributed by atoms with van der Waals surface area (Å²) in [5.74, 6) is 0.431. The smallest absolute Gasteiger partial charge is 0.244 e. The fourth-order valence-electron chi connectivity index (χ4n) is 2.11. The van der Waals surface area contributed by atoms with Crippen LogP contribution < -0.4 is 10.1 Å². The maximum absolute atomic E-state index is 11.9. The van der Waals surface area contributed by atoms with Crippen molar-refractivity contribution in [2.45, 2.75) is 12.6 Å². The minimum Gasteiger partial charge on any atom is -0.497 e. The lowest BCUT2D eigenvalue weighted by atomic mass is 10.2. The molecule has 0 saturated heterocycles. The maximum atomic E-state index is 11.9. The van der Waals surface area contributed by atoms with Gasteiger partial charge in [0.05, 0.1) is 20.3 Å². The molecule has 0 radical (unpaired) electrons. The molecule has 0 aliphatic rings. The molecule has 5 nitrogen and oxygen atoms in total. The highest BCUT2D eigenvalue weighted by atomic mass is 16.5. The molecule has 2 aromatic carbocycles. The highest BCUT2D eigenvalue weighted by Crippen LogP contribution is 2.11. The Morgan fingerprint density at radius 3 is 2.48 bits per heavy atom. The van der Waals surface area contributed by atoms with E-state index in [2.05, 4.69) is 5.32 Å². The number of amides is 1. The number of benzene rings is 2. The predicted octanol–water partition coefficient (Wildman–Crippen LogP) is 2.61. The number of hydrogen-bond acceptors (Lipinski definition) is 4. The van der Waals surface area contributed by atoms with Crippen LogP contribution in [-0.4, -0.2) is 32.0 Å². The lowest BCUT2D eigenvalue weighted by Crippen LogP contribution is -2.38. The molecule has 2 rings (SSSR count). The summed E-state index contributed by atoms with van der Waals surface area (Å²) >= 11 is 0. The van der Waals surface area contributed by atoms with E-state index in [0.717, 1.165) is 16.9 Å². The molecular formula is C20H21NO4. The van der Waals surface area contributed by atoms with Gasteiger partial charge < -0.3 is 19.6 Å². The third-order valence-corrected chi connectivity index (χ3v) is 3.44. The molecule has 2 aromatic rings. The Balaban J connectivity index is 1.76. The number of rotatable bonds is 9. The van der Waals surface area contributed by atoms with E-state index in [4.69, 9.17) is 9.47 Å². The van der Waals surface area contributed by atoms with Crippen molar-refractivity contribution in [1.82, 2.24) is 5.32 Å².